The lowest BCUT2D eigenvalue weighted by Gasteiger charge is -2.34. The fourth-order valence-electron chi connectivity index (χ4n) is 5.22. The van der Waals surface area contributed by atoms with Crippen LogP contribution in [-0.4, -0.2) is 51.6 Å². The Balaban J connectivity index is 1.34. The van der Waals surface area contributed by atoms with E-state index in [-0.39, 0.29) is 5.91 Å². The first kappa shape index (κ1) is 21.9. The van der Waals surface area contributed by atoms with Crippen LogP contribution < -0.4 is 0 Å². The van der Waals surface area contributed by atoms with Gasteiger partial charge in [0.25, 0.3) is 0 Å². The highest BCUT2D eigenvalue weighted by Crippen LogP contribution is 2.32. The van der Waals surface area contributed by atoms with E-state index >= 15 is 0 Å². The van der Waals surface area contributed by atoms with Crippen molar-refractivity contribution in [2.24, 2.45) is 0 Å². The molecule has 6 nitrogen and oxygen atoms in total. The van der Waals surface area contributed by atoms with Gasteiger partial charge in [-0.05, 0) is 58.2 Å². The van der Waals surface area contributed by atoms with Crippen molar-refractivity contribution >= 4 is 12.0 Å². The topological polar surface area (TPSA) is 54.5 Å². The molecule has 31 heavy (non-hydrogen) atoms. The van der Waals surface area contributed by atoms with Crippen LogP contribution in [0.3, 0.4) is 0 Å². The van der Waals surface area contributed by atoms with Crippen molar-refractivity contribution in [2.45, 2.75) is 72.4 Å². The van der Waals surface area contributed by atoms with E-state index in [2.05, 4.69) is 34.5 Å². The van der Waals surface area contributed by atoms with Gasteiger partial charge in [-0.2, -0.15) is 0 Å². The van der Waals surface area contributed by atoms with Crippen LogP contribution in [0.5, 0.6) is 0 Å². The summed E-state index contributed by atoms with van der Waals surface area (Å²) in [6, 6.07) is 2.85. The molecule has 0 N–H and O–H groups in total. The zero-order chi connectivity index (χ0) is 22.0. The third-order valence-corrected chi connectivity index (χ3v) is 7.12. The first-order valence-corrected chi connectivity index (χ1v) is 11.7. The quantitative estimate of drug-likeness (QED) is 0.660. The molecule has 0 spiro atoms. The number of hydrogen-bond donors (Lipinski definition) is 0. The largest absolute Gasteiger partial charge is 0.361 e. The van der Waals surface area contributed by atoms with E-state index in [1.165, 1.54) is 54.6 Å². The molecule has 1 saturated carbocycles. The lowest BCUT2D eigenvalue weighted by atomic mass is 9.95. The van der Waals surface area contributed by atoms with Crippen LogP contribution in [-0.2, 0) is 11.3 Å². The smallest absolute Gasteiger partial charge is 0.246 e. The van der Waals surface area contributed by atoms with Crippen LogP contribution in [0.15, 0.2) is 16.7 Å². The maximum absolute atomic E-state index is 12.8. The van der Waals surface area contributed by atoms with Crippen molar-refractivity contribution in [2.75, 3.05) is 26.2 Å². The highest BCUT2D eigenvalue weighted by Gasteiger charge is 2.22. The first-order chi connectivity index (χ1) is 14.9. The fraction of sp³-hybridized carbons (Fsp3) is 0.600. The summed E-state index contributed by atoms with van der Waals surface area (Å²) in [4.78, 5) is 17.1. The molecule has 0 atom stereocenters. The van der Waals surface area contributed by atoms with E-state index in [0.29, 0.717) is 6.04 Å². The average molecular weight is 425 g/mol. The number of hydrogen-bond acceptors (Lipinski definition) is 4. The van der Waals surface area contributed by atoms with Crippen LogP contribution in [0.25, 0.3) is 6.08 Å². The Labute approximate surface area is 185 Å². The van der Waals surface area contributed by atoms with Crippen LogP contribution in [0, 0.1) is 27.7 Å². The Bertz CT molecular complexity index is 922. The van der Waals surface area contributed by atoms with E-state index in [1.54, 1.807) is 6.08 Å². The van der Waals surface area contributed by atoms with E-state index < -0.39 is 0 Å². The zero-order valence-electron chi connectivity index (χ0n) is 19.5. The van der Waals surface area contributed by atoms with Crippen molar-refractivity contribution in [1.29, 1.82) is 0 Å². The molecule has 1 saturated heterocycles. The van der Waals surface area contributed by atoms with Gasteiger partial charge in [0.15, 0.2) is 0 Å². The number of aryl methyl sites for hydroxylation is 3. The SMILES string of the molecule is Cc1noc(C)c1CN1CCN(C(=O)/C=C/c2cc(C)n(C3CCCCC3)c2C)CC1. The fourth-order valence-corrected chi connectivity index (χ4v) is 5.22. The number of aromatic nitrogens is 2. The molecule has 0 aromatic carbocycles. The van der Waals surface area contributed by atoms with Gasteiger partial charge in [-0.1, -0.05) is 24.4 Å². The summed E-state index contributed by atoms with van der Waals surface area (Å²) in [6.45, 7) is 12.4. The normalized spacial score (nSPS) is 18.9. The summed E-state index contributed by atoms with van der Waals surface area (Å²) >= 11 is 0. The zero-order valence-corrected chi connectivity index (χ0v) is 19.5. The van der Waals surface area contributed by atoms with Crippen molar-refractivity contribution in [3.05, 3.63) is 46.1 Å². The molecule has 2 aliphatic rings. The van der Waals surface area contributed by atoms with E-state index in [0.717, 1.165) is 44.2 Å². The van der Waals surface area contributed by atoms with E-state index in [1.807, 2.05) is 24.8 Å². The van der Waals surface area contributed by atoms with Crippen LogP contribution >= 0.6 is 0 Å². The first-order valence-electron chi connectivity index (χ1n) is 11.7. The molecule has 2 fully saturated rings. The number of nitrogens with zero attached hydrogens (tertiary/aromatic N) is 4. The lowest BCUT2D eigenvalue weighted by Crippen LogP contribution is -2.47. The molecule has 2 aromatic heterocycles. The summed E-state index contributed by atoms with van der Waals surface area (Å²) in [5.74, 6) is 1.00. The van der Waals surface area contributed by atoms with Crippen LogP contribution in [0.2, 0.25) is 0 Å². The molecule has 1 aliphatic heterocycles. The molecule has 1 aliphatic carbocycles. The van der Waals surface area contributed by atoms with Gasteiger partial charge in [0, 0.05) is 61.8 Å². The molecule has 1 amide bonds. The van der Waals surface area contributed by atoms with Gasteiger partial charge >= 0.3 is 0 Å². The molecular formula is C25H36N4O2. The molecule has 2 aromatic rings. The predicted molar refractivity (Wildman–Crippen MR) is 123 cm³/mol. The third kappa shape index (κ3) is 4.79. The minimum atomic E-state index is 0.111. The molecule has 0 radical (unpaired) electrons. The Morgan fingerprint density at radius 2 is 1.81 bits per heavy atom. The monoisotopic (exact) mass is 424 g/mol. The Kier molecular flexibility index (Phi) is 6.65. The third-order valence-electron chi connectivity index (χ3n) is 7.12. The van der Waals surface area contributed by atoms with Crippen molar-refractivity contribution < 1.29 is 9.32 Å². The van der Waals surface area contributed by atoms with Gasteiger partial charge in [0.2, 0.25) is 5.91 Å². The van der Waals surface area contributed by atoms with Crippen molar-refractivity contribution in [1.82, 2.24) is 19.5 Å². The standard InChI is InChI=1S/C25H36N4O2/c1-18-16-22(20(3)29(18)23-8-6-5-7-9-23)10-11-25(30)28-14-12-27(13-15-28)17-24-19(2)26-31-21(24)4/h10-11,16,23H,5-9,12-15,17H2,1-4H3/b11-10+. The number of piperazine rings is 1. The highest BCUT2D eigenvalue weighted by atomic mass is 16.5. The minimum absolute atomic E-state index is 0.111. The second-order valence-corrected chi connectivity index (χ2v) is 9.23. The Hall–Kier alpha value is -2.34. The van der Waals surface area contributed by atoms with Gasteiger partial charge in [-0.3, -0.25) is 9.69 Å². The molecule has 4 rings (SSSR count). The average Bonchev–Trinajstić information content (AvgIpc) is 3.25. The second kappa shape index (κ2) is 9.43. The second-order valence-electron chi connectivity index (χ2n) is 9.23. The molecule has 0 unspecified atom stereocenters. The van der Waals surface area contributed by atoms with Crippen molar-refractivity contribution in [3.63, 3.8) is 0 Å². The lowest BCUT2D eigenvalue weighted by molar-refractivity contribution is -0.127. The van der Waals surface area contributed by atoms with E-state index in [4.69, 9.17) is 4.52 Å². The summed E-state index contributed by atoms with van der Waals surface area (Å²) < 4.78 is 7.77. The highest BCUT2D eigenvalue weighted by molar-refractivity contribution is 5.92. The Morgan fingerprint density at radius 3 is 2.45 bits per heavy atom. The molecule has 0 bridgehead atoms. The van der Waals surface area contributed by atoms with Crippen LogP contribution in [0.4, 0.5) is 0 Å². The van der Waals surface area contributed by atoms with E-state index in [9.17, 15) is 4.79 Å². The van der Waals surface area contributed by atoms with Crippen LogP contribution in [0.1, 0.15) is 72.1 Å². The molecule has 6 heteroatoms. The number of carbonyl (C=O) groups excluding carboxylic acids is 1. The summed E-state index contributed by atoms with van der Waals surface area (Å²) in [7, 11) is 0. The van der Waals surface area contributed by atoms with Gasteiger partial charge in [0.1, 0.15) is 5.76 Å². The maximum atomic E-state index is 12.8. The number of carbonyl (C=O) groups is 1. The number of rotatable bonds is 5. The molecule has 3 heterocycles. The summed E-state index contributed by atoms with van der Waals surface area (Å²) in [5.41, 5.74) is 5.91. The van der Waals surface area contributed by atoms with Gasteiger partial charge in [-0.15, -0.1) is 0 Å². The van der Waals surface area contributed by atoms with Crippen molar-refractivity contribution in [3.8, 4) is 0 Å². The maximum Gasteiger partial charge on any atom is 0.246 e. The van der Waals surface area contributed by atoms with Gasteiger partial charge in [-0.25, -0.2) is 0 Å². The summed E-state index contributed by atoms with van der Waals surface area (Å²) in [6.07, 6.45) is 10.3. The van der Waals surface area contributed by atoms with Gasteiger partial charge < -0.3 is 14.0 Å². The molecule has 168 valence electrons. The molecular weight excluding hydrogens is 388 g/mol. The van der Waals surface area contributed by atoms with Gasteiger partial charge in [0.05, 0.1) is 5.69 Å². The summed E-state index contributed by atoms with van der Waals surface area (Å²) in [5, 5.41) is 4.05. The predicted octanol–water partition coefficient (Wildman–Crippen LogP) is 4.57. The Morgan fingerprint density at radius 1 is 1.10 bits per heavy atom. The minimum Gasteiger partial charge on any atom is -0.361 e. The number of amides is 1.